The van der Waals surface area contributed by atoms with Gasteiger partial charge in [0.05, 0.1) is 0 Å². The average Bonchev–Trinajstić information content (AvgIpc) is 3.12. The molecule has 1 N–H and O–H groups in total. The predicted molar refractivity (Wildman–Crippen MR) is 88.7 cm³/mol. The molecule has 2 atom stereocenters. The molecule has 1 aromatic heterocycles. The fourth-order valence-corrected chi connectivity index (χ4v) is 4.07. The molecule has 21 heavy (non-hydrogen) atoms. The zero-order valence-electron chi connectivity index (χ0n) is 12.6. The second-order valence-corrected chi connectivity index (χ2v) is 6.87. The van der Waals surface area contributed by atoms with Crippen LogP contribution in [0, 0.1) is 0 Å². The lowest BCUT2D eigenvalue weighted by Crippen LogP contribution is -2.35. The number of nitrogens with one attached hydrogen (secondary N) is 1. The van der Waals surface area contributed by atoms with Crippen molar-refractivity contribution in [1.82, 2.24) is 10.2 Å². The second kappa shape index (κ2) is 6.16. The monoisotopic (exact) mass is 302 g/mol. The van der Waals surface area contributed by atoms with Crippen LogP contribution in [0.4, 0.5) is 0 Å². The second-order valence-electron chi connectivity index (χ2n) is 5.75. The van der Waals surface area contributed by atoms with E-state index in [1.807, 2.05) is 23.2 Å². The van der Waals surface area contributed by atoms with Crippen LogP contribution in [0.15, 0.2) is 30.3 Å². The summed E-state index contributed by atoms with van der Waals surface area (Å²) in [5, 5.41) is 5.00. The summed E-state index contributed by atoms with van der Waals surface area (Å²) in [4.78, 5) is 15.1. The number of hydrogen-bond donors (Lipinski definition) is 1. The number of rotatable bonds is 4. The molecule has 1 aliphatic rings. The first-order valence-corrected chi connectivity index (χ1v) is 8.51. The third-order valence-corrected chi connectivity index (χ3v) is 5.50. The van der Waals surface area contributed by atoms with Gasteiger partial charge in [0, 0.05) is 41.2 Å². The number of benzene rings is 1. The van der Waals surface area contributed by atoms with Gasteiger partial charge in [0.1, 0.15) is 0 Å². The zero-order chi connectivity index (χ0) is 14.8. The van der Waals surface area contributed by atoms with E-state index in [2.05, 4.69) is 42.6 Å². The normalized spacial score (nSPS) is 20.1. The molecule has 1 amide bonds. The van der Waals surface area contributed by atoms with Crippen molar-refractivity contribution in [2.75, 3.05) is 13.1 Å². The Labute approximate surface area is 130 Å². The average molecular weight is 302 g/mol. The van der Waals surface area contributed by atoms with Crippen molar-refractivity contribution in [2.24, 2.45) is 0 Å². The van der Waals surface area contributed by atoms with E-state index in [9.17, 15) is 4.79 Å². The van der Waals surface area contributed by atoms with Crippen LogP contribution in [0.1, 0.15) is 37.6 Å². The molecular weight excluding hydrogens is 280 g/mol. The zero-order valence-corrected chi connectivity index (χ0v) is 13.5. The summed E-state index contributed by atoms with van der Waals surface area (Å²) in [6.07, 6.45) is 1.67. The number of thiophene rings is 1. The first-order chi connectivity index (χ1) is 10.2. The molecule has 1 aliphatic heterocycles. The predicted octanol–water partition coefficient (Wildman–Crippen LogP) is 3.56. The van der Waals surface area contributed by atoms with Gasteiger partial charge in [-0.2, -0.15) is 0 Å². The van der Waals surface area contributed by atoms with Gasteiger partial charge in [0.2, 0.25) is 5.91 Å². The van der Waals surface area contributed by atoms with E-state index < -0.39 is 0 Å². The summed E-state index contributed by atoms with van der Waals surface area (Å²) in [6.45, 7) is 5.89. The van der Waals surface area contributed by atoms with Gasteiger partial charge in [-0.25, -0.2) is 0 Å². The highest BCUT2D eigenvalue weighted by Crippen LogP contribution is 2.30. The van der Waals surface area contributed by atoms with Gasteiger partial charge in [-0.3, -0.25) is 4.79 Å². The lowest BCUT2D eigenvalue weighted by Gasteiger charge is -2.19. The molecule has 0 saturated carbocycles. The summed E-state index contributed by atoms with van der Waals surface area (Å²) < 4.78 is 1.34. The van der Waals surface area contributed by atoms with Crippen LogP contribution in [-0.2, 0) is 4.79 Å². The van der Waals surface area contributed by atoms with Crippen molar-refractivity contribution in [3.05, 3.63) is 35.2 Å². The lowest BCUT2D eigenvalue weighted by atomic mass is 10.2. The van der Waals surface area contributed by atoms with Gasteiger partial charge in [-0.05, 0) is 30.9 Å². The van der Waals surface area contributed by atoms with Crippen molar-refractivity contribution in [3.63, 3.8) is 0 Å². The molecule has 0 radical (unpaired) electrons. The van der Waals surface area contributed by atoms with Crippen molar-refractivity contribution < 1.29 is 4.79 Å². The first-order valence-electron chi connectivity index (χ1n) is 7.69. The molecule has 4 heteroatoms. The quantitative estimate of drug-likeness (QED) is 0.936. The Morgan fingerprint density at radius 2 is 2.29 bits per heavy atom. The Hall–Kier alpha value is -1.39. The molecular formula is C17H22N2OS. The number of amides is 1. The number of fused-ring (bicyclic) bond motifs is 1. The Morgan fingerprint density at radius 1 is 1.48 bits per heavy atom. The molecule has 1 saturated heterocycles. The summed E-state index contributed by atoms with van der Waals surface area (Å²) in [6, 6.07) is 11.5. The van der Waals surface area contributed by atoms with Gasteiger partial charge in [-0.15, -0.1) is 11.3 Å². The fraction of sp³-hybridized carbons (Fsp3) is 0.471. The fourth-order valence-electron chi connectivity index (χ4n) is 3.00. The lowest BCUT2D eigenvalue weighted by molar-refractivity contribution is -0.129. The SMILES string of the molecule is CCC(=O)N1CC[C@H](N[C@H](C)c2cc3ccccc3s2)C1. The van der Waals surface area contributed by atoms with Crippen LogP contribution in [0.25, 0.3) is 10.1 Å². The summed E-state index contributed by atoms with van der Waals surface area (Å²) in [5.41, 5.74) is 0. The molecule has 2 aromatic rings. The van der Waals surface area contributed by atoms with Crippen LogP contribution >= 0.6 is 11.3 Å². The van der Waals surface area contributed by atoms with Crippen molar-refractivity contribution in [2.45, 2.75) is 38.8 Å². The van der Waals surface area contributed by atoms with Crippen LogP contribution in [0.3, 0.4) is 0 Å². The first kappa shape index (κ1) is 14.5. The molecule has 2 heterocycles. The maximum Gasteiger partial charge on any atom is 0.222 e. The van der Waals surface area contributed by atoms with Crippen LogP contribution in [0.5, 0.6) is 0 Å². The van der Waals surface area contributed by atoms with Crippen LogP contribution in [-0.4, -0.2) is 29.9 Å². The van der Waals surface area contributed by atoms with E-state index in [-0.39, 0.29) is 5.91 Å². The number of likely N-dealkylation sites (tertiary alicyclic amines) is 1. The largest absolute Gasteiger partial charge is 0.341 e. The van der Waals surface area contributed by atoms with E-state index in [0.29, 0.717) is 18.5 Å². The standard InChI is InChI=1S/C17H22N2OS/c1-3-17(20)19-9-8-14(11-19)18-12(2)16-10-13-6-4-5-7-15(13)21-16/h4-7,10,12,14,18H,3,8-9,11H2,1-2H3/t12-,14+/m1/s1. The van der Waals surface area contributed by atoms with Gasteiger partial charge in [-0.1, -0.05) is 25.1 Å². The number of carbonyl (C=O) groups excluding carboxylic acids is 1. The molecule has 3 nitrogen and oxygen atoms in total. The number of nitrogens with zero attached hydrogens (tertiary/aromatic N) is 1. The Bertz CT molecular complexity index is 604. The topological polar surface area (TPSA) is 32.3 Å². The summed E-state index contributed by atoms with van der Waals surface area (Å²) in [7, 11) is 0. The van der Waals surface area contributed by atoms with E-state index in [1.54, 1.807) is 0 Å². The smallest absolute Gasteiger partial charge is 0.222 e. The molecule has 0 unspecified atom stereocenters. The van der Waals surface area contributed by atoms with Crippen LogP contribution < -0.4 is 5.32 Å². The minimum atomic E-state index is 0.272. The maximum absolute atomic E-state index is 11.7. The van der Waals surface area contributed by atoms with Crippen LogP contribution in [0.2, 0.25) is 0 Å². The molecule has 1 aromatic carbocycles. The van der Waals surface area contributed by atoms with E-state index in [1.165, 1.54) is 15.0 Å². The minimum absolute atomic E-state index is 0.272. The summed E-state index contributed by atoms with van der Waals surface area (Å²) >= 11 is 1.86. The Morgan fingerprint density at radius 3 is 3.05 bits per heavy atom. The molecule has 112 valence electrons. The molecule has 3 rings (SSSR count). The highest BCUT2D eigenvalue weighted by molar-refractivity contribution is 7.19. The number of carbonyl (C=O) groups is 1. The van der Waals surface area contributed by atoms with E-state index in [0.717, 1.165) is 19.5 Å². The van der Waals surface area contributed by atoms with Gasteiger partial charge in [0.25, 0.3) is 0 Å². The number of hydrogen-bond acceptors (Lipinski definition) is 3. The highest BCUT2D eigenvalue weighted by Gasteiger charge is 2.26. The van der Waals surface area contributed by atoms with Crippen molar-refractivity contribution in [3.8, 4) is 0 Å². The van der Waals surface area contributed by atoms with Gasteiger partial charge < -0.3 is 10.2 Å². The Kier molecular flexibility index (Phi) is 4.27. The van der Waals surface area contributed by atoms with E-state index >= 15 is 0 Å². The molecule has 1 fully saturated rings. The van der Waals surface area contributed by atoms with Crippen molar-refractivity contribution in [1.29, 1.82) is 0 Å². The third kappa shape index (κ3) is 3.11. The van der Waals surface area contributed by atoms with E-state index in [4.69, 9.17) is 0 Å². The van der Waals surface area contributed by atoms with Crippen molar-refractivity contribution >= 4 is 27.3 Å². The molecule has 0 bridgehead atoms. The van der Waals surface area contributed by atoms with Gasteiger partial charge >= 0.3 is 0 Å². The third-order valence-electron chi connectivity index (χ3n) is 4.20. The Balaban J connectivity index is 1.64. The summed E-state index contributed by atoms with van der Waals surface area (Å²) in [5.74, 6) is 0.272. The molecule has 0 aliphatic carbocycles. The maximum atomic E-state index is 11.7. The highest BCUT2D eigenvalue weighted by atomic mass is 32.1. The molecule has 0 spiro atoms. The minimum Gasteiger partial charge on any atom is -0.341 e. The van der Waals surface area contributed by atoms with Gasteiger partial charge in [0.15, 0.2) is 0 Å².